The van der Waals surface area contributed by atoms with Gasteiger partial charge in [0.05, 0.1) is 11.9 Å². The van der Waals surface area contributed by atoms with Crippen molar-refractivity contribution in [3.8, 4) is 0 Å². The van der Waals surface area contributed by atoms with Gasteiger partial charge < -0.3 is 15.5 Å². The second-order valence-electron chi connectivity index (χ2n) is 8.05. The molecule has 32 heavy (non-hydrogen) atoms. The summed E-state index contributed by atoms with van der Waals surface area (Å²) in [7, 11) is 1.85. The smallest absolute Gasteiger partial charge is 0.291 e. The normalized spacial score (nSPS) is 14.1. The van der Waals surface area contributed by atoms with E-state index in [0.29, 0.717) is 31.2 Å². The Morgan fingerprint density at radius 2 is 2.03 bits per heavy atom. The molecule has 1 fully saturated rings. The summed E-state index contributed by atoms with van der Waals surface area (Å²) in [5, 5.41) is 16.8. The Bertz CT molecular complexity index is 1120. The molecule has 0 radical (unpaired) electrons. The van der Waals surface area contributed by atoms with Crippen LogP contribution >= 0.6 is 0 Å². The van der Waals surface area contributed by atoms with Gasteiger partial charge in [-0.2, -0.15) is 19.7 Å². The summed E-state index contributed by atoms with van der Waals surface area (Å²) >= 11 is 0. The van der Waals surface area contributed by atoms with Gasteiger partial charge in [0.25, 0.3) is 5.91 Å². The lowest BCUT2D eigenvalue weighted by molar-refractivity contribution is 0.0723. The van der Waals surface area contributed by atoms with Crippen LogP contribution in [0.25, 0.3) is 5.65 Å². The van der Waals surface area contributed by atoms with Crippen molar-refractivity contribution in [1.29, 1.82) is 0 Å². The molecule has 2 N–H and O–H groups in total. The number of piperazine rings is 1. The third-order valence-electron chi connectivity index (χ3n) is 5.60. The average molecular weight is 436 g/mol. The first-order valence-electron chi connectivity index (χ1n) is 10.8. The van der Waals surface area contributed by atoms with Crippen LogP contribution < -0.4 is 15.6 Å². The van der Waals surface area contributed by atoms with Crippen molar-refractivity contribution >= 4 is 29.9 Å². The highest BCUT2D eigenvalue weighted by Gasteiger charge is 2.24. The number of nitrogens with one attached hydrogen (secondary N) is 2. The number of aromatic nitrogens is 4. The molecule has 168 valence electrons. The highest BCUT2D eigenvalue weighted by molar-refractivity contribution is 5.91. The van der Waals surface area contributed by atoms with E-state index in [9.17, 15) is 4.79 Å². The number of hydrogen-bond donors (Lipinski definition) is 2. The maximum atomic E-state index is 13.1. The molecule has 1 aliphatic rings. The molecule has 1 aliphatic heterocycles. The van der Waals surface area contributed by atoms with Crippen LogP contribution in [0.15, 0.2) is 35.6 Å². The van der Waals surface area contributed by atoms with Crippen LogP contribution in [0.1, 0.15) is 41.5 Å². The van der Waals surface area contributed by atoms with Gasteiger partial charge in [0, 0.05) is 52.1 Å². The van der Waals surface area contributed by atoms with E-state index in [2.05, 4.69) is 51.4 Å². The zero-order chi connectivity index (χ0) is 22.7. The molecule has 0 spiro atoms. The van der Waals surface area contributed by atoms with Gasteiger partial charge in [-0.1, -0.05) is 32.0 Å². The molecule has 0 atom stereocenters. The molecular formula is C22H29N9O. The van der Waals surface area contributed by atoms with Gasteiger partial charge in [-0.25, -0.2) is 4.98 Å². The van der Waals surface area contributed by atoms with Gasteiger partial charge in [-0.05, 0) is 17.5 Å². The van der Waals surface area contributed by atoms with Gasteiger partial charge in [-0.3, -0.25) is 9.80 Å². The first kappa shape index (κ1) is 21.7. The molecule has 0 bridgehead atoms. The van der Waals surface area contributed by atoms with Gasteiger partial charge in [0.1, 0.15) is 0 Å². The first-order chi connectivity index (χ1) is 15.5. The Kier molecular flexibility index (Phi) is 6.31. The molecule has 1 aromatic carbocycles. The minimum Gasteiger partial charge on any atom is -0.350 e. The monoisotopic (exact) mass is 435 g/mol. The molecule has 3 heterocycles. The third kappa shape index (κ3) is 4.26. The summed E-state index contributed by atoms with van der Waals surface area (Å²) in [5.41, 5.74) is 3.57. The van der Waals surface area contributed by atoms with Gasteiger partial charge in [0.15, 0.2) is 5.65 Å². The van der Waals surface area contributed by atoms with Crippen LogP contribution in [-0.2, 0) is 6.54 Å². The minimum absolute atomic E-state index is 0.163. The molecule has 10 heteroatoms. The summed E-state index contributed by atoms with van der Waals surface area (Å²) < 4.78 is 1.67. The van der Waals surface area contributed by atoms with E-state index >= 15 is 0 Å². The average Bonchev–Trinajstić information content (AvgIpc) is 3.27. The molecule has 0 unspecified atom stereocenters. The van der Waals surface area contributed by atoms with Crippen LogP contribution in [0.2, 0.25) is 0 Å². The second-order valence-corrected chi connectivity index (χ2v) is 8.05. The van der Waals surface area contributed by atoms with Crippen molar-refractivity contribution in [3.05, 3.63) is 47.4 Å². The molecule has 0 aliphatic carbocycles. The topological polar surface area (TPSA) is 103 Å². The van der Waals surface area contributed by atoms with Gasteiger partial charge in [-0.15, -0.1) is 0 Å². The molecule has 1 saturated heterocycles. The molecule has 0 saturated carbocycles. The molecule has 3 aromatic rings. The number of carbonyl (C=O) groups is 1. The van der Waals surface area contributed by atoms with E-state index in [1.807, 2.05) is 31.3 Å². The number of hydrogen-bond acceptors (Lipinski definition) is 8. The number of benzene rings is 1. The lowest BCUT2D eigenvalue weighted by atomic mass is 10.1. The highest BCUT2D eigenvalue weighted by atomic mass is 16.2. The summed E-state index contributed by atoms with van der Waals surface area (Å²) in [4.78, 5) is 24.1. The molecular weight excluding hydrogens is 406 g/mol. The summed E-state index contributed by atoms with van der Waals surface area (Å²) in [6, 6.07) is 7.91. The number of carbonyl (C=O) groups excluding carboxylic acids is 1. The number of rotatable bonds is 7. The van der Waals surface area contributed by atoms with Crippen molar-refractivity contribution in [2.75, 3.05) is 43.6 Å². The Hall–Kier alpha value is -3.53. The fraction of sp³-hybridized carbons (Fsp3) is 0.409. The Balaban J connectivity index is 1.70. The third-order valence-corrected chi connectivity index (χ3v) is 5.60. The van der Waals surface area contributed by atoms with E-state index in [1.54, 1.807) is 20.6 Å². The Labute approximate surface area is 187 Å². The summed E-state index contributed by atoms with van der Waals surface area (Å²) in [5.74, 6) is 0.709. The van der Waals surface area contributed by atoms with E-state index in [4.69, 9.17) is 0 Å². The lowest BCUT2D eigenvalue weighted by Crippen LogP contribution is -2.46. The predicted molar refractivity (Wildman–Crippen MR) is 125 cm³/mol. The Morgan fingerprint density at radius 3 is 2.75 bits per heavy atom. The van der Waals surface area contributed by atoms with Crippen LogP contribution in [-0.4, -0.2) is 70.3 Å². The zero-order valence-corrected chi connectivity index (χ0v) is 18.7. The molecule has 1 amide bonds. The SMILES string of the molecule is C=NN(C)c1ccccc1CNc1nc(C(=O)N2CCNCC2)nc2c(C(C)C)cnn12. The molecule has 4 rings (SSSR count). The summed E-state index contributed by atoms with van der Waals surface area (Å²) in [6.45, 7) is 11.1. The second kappa shape index (κ2) is 9.31. The number of amides is 1. The minimum atomic E-state index is -0.163. The van der Waals surface area contributed by atoms with E-state index in [0.717, 1.165) is 29.9 Å². The van der Waals surface area contributed by atoms with Crippen molar-refractivity contribution in [2.45, 2.75) is 26.3 Å². The molecule has 10 nitrogen and oxygen atoms in total. The fourth-order valence-electron chi connectivity index (χ4n) is 3.75. The number of fused-ring (bicyclic) bond motifs is 1. The largest absolute Gasteiger partial charge is 0.350 e. The maximum Gasteiger partial charge on any atom is 0.291 e. The molecule has 2 aromatic heterocycles. The van der Waals surface area contributed by atoms with Gasteiger partial charge in [0.2, 0.25) is 11.8 Å². The maximum absolute atomic E-state index is 13.1. The number of nitrogens with zero attached hydrogens (tertiary/aromatic N) is 7. The lowest BCUT2D eigenvalue weighted by Gasteiger charge is -2.26. The van der Waals surface area contributed by atoms with E-state index in [-0.39, 0.29) is 17.6 Å². The van der Waals surface area contributed by atoms with Crippen molar-refractivity contribution in [1.82, 2.24) is 29.8 Å². The van der Waals surface area contributed by atoms with Crippen molar-refractivity contribution < 1.29 is 4.79 Å². The van der Waals surface area contributed by atoms with Crippen molar-refractivity contribution in [2.24, 2.45) is 5.10 Å². The van der Waals surface area contributed by atoms with Gasteiger partial charge >= 0.3 is 0 Å². The number of anilines is 2. The fourth-order valence-corrected chi connectivity index (χ4v) is 3.75. The highest BCUT2D eigenvalue weighted by Crippen LogP contribution is 2.23. The number of hydrazone groups is 1. The van der Waals surface area contributed by atoms with E-state index < -0.39 is 0 Å². The standard InChI is InChI=1S/C22H29N9O/c1-15(2)17-14-26-31-20(17)27-19(21(32)30-11-9-24-10-12-30)28-22(31)25-13-16-7-5-6-8-18(16)29(4)23-3/h5-8,14-15,24H,3,9-13H2,1-2,4H3,(H,25,27,28). The van der Waals surface area contributed by atoms with Crippen LogP contribution in [0, 0.1) is 0 Å². The predicted octanol–water partition coefficient (Wildman–Crippen LogP) is 1.96. The Morgan fingerprint density at radius 1 is 1.28 bits per heavy atom. The summed E-state index contributed by atoms with van der Waals surface area (Å²) in [6.07, 6.45) is 1.79. The number of para-hydroxylation sites is 1. The first-order valence-corrected chi connectivity index (χ1v) is 10.8. The van der Waals surface area contributed by atoms with Crippen LogP contribution in [0.3, 0.4) is 0 Å². The van der Waals surface area contributed by atoms with Crippen LogP contribution in [0.4, 0.5) is 11.6 Å². The van der Waals surface area contributed by atoms with E-state index in [1.165, 1.54) is 0 Å². The quantitative estimate of drug-likeness (QED) is 0.432. The van der Waals surface area contributed by atoms with Crippen molar-refractivity contribution in [3.63, 3.8) is 0 Å². The zero-order valence-electron chi connectivity index (χ0n) is 18.7. The van der Waals surface area contributed by atoms with Crippen LogP contribution in [0.5, 0.6) is 0 Å².